The Morgan fingerprint density at radius 1 is 1.16 bits per heavy atom. The zero-order valence-corrected chi connectivity index (χ0v) is 20.5. The molecule has 1 fully saturated rings. The van der Waals surface area contributed by atoms with E-state index in [2.05, 4.69) is 15.9 Å². The van der Waals surface area contributed by atoms with Crippen LogP contribution in [0.2, 0.25) is 0 Å². The molecule has 1 heterocycles. The molecule has 0 saturated carbocycles. The summed E-state index contributed by atoms with van der Waals surface area (Å²) in [6.45, 7) is 5.50. The molecule has 1 aliphatic heterocycles. The second-order valence-corrected chi connectivity index (χ2v) is 9.09. The molecule has 1 N–H and O–H groups in total. The summed E-state index contributed by atoms with van der Waals surface area (Å²) in [4.78, 5) is 29.5. The van der Waals surface area contributed by atoms with Crippen LogP contribution in [0.3, 0.4) is 0 Å². The molecule has 170 valence electrons. The molecule has 1 aliphatic rings. The number of aliphatic hydroxyl groups excluding tert-OH is 1. The lowest BCUT2D eigenvalue weighted by Crippen LogP contribution is -2.35. The minimum absolute atomic E-state index is 0.109. The molecule has 1 unspecified atom stereocenters. The van der Waals surface area contributed by atoms with Crippen LogP contribution in [0.4, 0.5) is 0 Å². The Balaban J connectivity index is 2.09. The van der Waals surface area contributed by atoms with Gasteiger partial charge in [-0.15, -0.1) is 0 Å². The summed E-state index contributed by atoms with van der Waals surface area (Å²) in [6, 6.07) is 12.1. The van der Waals surface area contributed by atoms with Crippen molar-refractivity contribution in [3.8, 4) is 5.75 Å². The van der Waals surface area contributed by atoms with Crippen molar-refractivity contribution in [2.75, 3.05) is 33.8 Å². The second-order valence-electron chi connectivity index (χ2n) is 8.18. The van der Waals surface area contributed by atoms with Crippen LogP contribution in [0.15, 0.2) is 52.5 Å². The van der Waals surface area contributed by atoms with Crippen molar-refractivity contribution in [1.29, 1.82) is 0 Å². The largest absolute Gasteiger partial charge is 0.507 e. The van der Waals surface area contributed by atoms with Crippen LogP contribution in [0.5, 0.6) is 5.75 Å². The van der Waals surface area contributed by atoms with Gasteiger partial charge in [-0.2, -0.15) is 0 Å². The molecule has 0 bridgehead atoms. The van der Waals surface area contributed by atoms with E-state index in [1.807, 2.05) is 57.1 Å². The van der Waals surface area contributed by atoms with Crippen molar-refractivity contribution in [3.05, 3.63) is 69.2 Å². The van der Waals surface area contributed by atoms with Gasteiger partial charge in [-0.3, -0.25) is 9.59 Å². The number of ether oxygens (including phenoxy) is 1. The normalized spacial score (nSPS) is 17.9. The highest BCUT2D eigenvalue weighted by Crippen LogP contribution is 2.40. The molecule has 32 heavy (non-hydrogen) atoms. The predicted octanol–water partition coefficient (Wildman–Crippen LogP) is 4.53. The zero-order chi connectivity index (χ0) is 23.4. The first-order valence-electron chi connectivity index (χ1n) is 10.7. The Morgan fingerprint density at radius 2 is 1.84 bits per heavy atom. The van der Waals surface area contributed by atoms with E-state index in [-0.39, 0.29) is 11.3 Å². The number of halogens is 1. The van der Waals surface area contributed by atoms with E-state index in [1.165, 1.54) is 0 Å². The quantitative estimate of drug-likeness (QED) is 0.327. The van der Waals surface area contributed by atoms with Crippen molar-refractivity contribution < 1.29 is 19.4 Å². The number of rotatable bonds is 8. The van der Waals surface area contributed by atoms with Gasteiger partial charge in [0.15, 0.2) is 0 Å². The minimum Gasteiger partial charge on any atom is -0.507 e. The number of carbonyl (C=O) groups is 2. The van der Waals surface area contributed by atoms with E-state index in [1.54, 1.807) is 23.1 Å². The summed E-state index contributed by atoms with van der Waals surface area (Å²) >= 11 is 3.43. The summed E-state index contributed by atoms with van der Waals surface area (Å²) < 4.78 is 6.61. The van der Waals surface area contributed by atoms with Gasteiger partial charge in [-0.25, -0.2) is 0 Å². The Labute approximate surface area is 197 Å². The molecular weight excluding hydrogens is 472 g/mol. The minimum atomic E-state index is -0.668. The summed E-state index contributed by atoms with van der Waals surface area (Å²) in [5, 5.41) is 11.2. The molecule has 7 heteroatoms. The number of benzene rings is 2. The highest BCUT2D eigenvalue weighted by atomic mass is 79.9. The molecule has 0 aromatic heterocycles. The second kappa shape index (κ2) is 10.3. The Hall–Kier alpha value is -2.64. The molecule has 0 aliphatic carbocycles. The third-order valence-electron chi connectivity index (χ3n) is 5.42. The third-order valence-corrected chi connectivity index (χ3v) is 5.95. The van der Waals surface area contributed by atoms with E-state index >= 15 is 0 Å². The van der Waals surface area contributed by atoms with E-state index in [0.29, 0.717) is 25.3 Å². The average molecular weight is 501 g/mol. The van der Waals surface area contributed by atoms with Crippen LogP contribution >= 0.6 is 15.9 Å². The number of hydrogen-bond acceptors (Lipinski definition) is 5. The van der Waals surface area contributed by atoms with Crippen LogP contribution in [0, 0.1) is 6.92 Å². The third kappa shape index (κ3) is 5.05. The van der Waals surface area contributed by atoms with Gasteiger partial charge in [-0.05, 0) is 68.9 Å². The number of aliphatic hydroxyl groups is 1. The van der Waals surface area contributed by atoms with E-state index in [4.69, 9.17) is 4.74 Å². The first-order chi connectivity index (χ1) is 15.2. The SMILES string of the molecule is CCCOc1ccc(/C(O)=C2/C(=O)C(=O)N(CCN(C)C)C2c2ccc(Br)cc2)cc1C. The van der Waals surface area contributed by atoms with Gasteiger partial charge in [0.1, 0.15) is 11.5 Å². The van der Waals surface area contributed by atoms with E-state index < -0.39 is 17.7 Å². The van der Waals surface area contributed by atoms with Gasteiger partial charge >= 0.3 is 0 Å². The lowest BCUT2D eigenvalue weighted by molar-refractivity contribution is -0.140. The van der Waals surface area contributed by atoms with Gasteiger partial charge < -0.3 is 19.6 Å². The molecule has 3 rings (SSSR count). The number of likely N-dealkylation sites (N-methyl/N-ethyl adjacent to an activating group) is 1. The van der Waals surface area contributed by atoms with Gasteiger partial charge in [0.05, 0.1) is 18.2 Å². The lowest BCUT2D eigenvalue weighted by Gasteiger charge is -2.26. The average Bonchev–Trinajstić information content (AvgIpc) is 3.01. The first-order valence-corrected chi connectivity index (χ1v) is 11.5. The summed E-state index contributed by atoms with van der Waals surface area (Å²) in [7, 11) is 3.83. The molecule has 0 spiro atoms. The number of nitrogens with zero attached hydrogens (tertiary/aromatic N) is 2. The Bertz CT molecular complexity index is 1030. The standard InChI is InChI=1S/C25H29BrN2O4/c1-5-14-32-20-11-8-18(15-16(20)2)23(29)21-22(17-6-9-19(26)10-7-17)28(13-12-27(3)4)25(31)24(21)30/h6-11,15,22,29H,5,12-14H2,1-4H3/b23-21-. The first kappa shape index (κ1) is 24.0. The van der Waals surface area contributed by atoms with Crippen molar-refractivity contribution in [2.24, 2.45) is 0 Å². The monoisotopic (exact) mass is 500 g/mol. The van der Waals surface area contributed by atoms with Crippen molar-refractivity contribution in [3.63, 3.8) is 0 Å². The number of Topliss-reactive ketones (excluding diaryl/α,β-unsaturated/α-hetero) is 1. The summed E-state index contributed by atoms with van der Waals surface area (Å²) in [5.41, 5.74) is 2.22. The van der Waals surface area contributed by atoms with Gasteiger partial charge in [0.2, 0.25) is 0 Å². The maximum absolute atomic E-state index is 13.1. The van der Waals surface area contributed by atoms with E-state index in [0.717, 1.165) is 27.8 Å². The molecular formula is C25H29BrN2O4. The Kier molecular flexibility index (Phi) is 7.74. The van der Waals surface area contributed by atoms with Crippen LogP contribution in [0.25, 0.3) is 5.76 Å². The molecule has 0 radical (unpaired) electrons. The Morgan fingerprint density at radius 3 is 2.44 bits per heavy atom. The zero-order valence-electron chi connectivity index (χ0n) is 18.9. The molecule has 2 aromatic carbocycles. The lowest BCUT2D eigenvalue weighted by atomic mass is 9.95. The summed E-state index contributed by atoms with van der Waals surface area (Å²) in [6.07, 6.45) is 0.894. The number of carbonyl (C=O) groups excluding carboxylic acids is 2. The molecule has 6 nitrogen and oxygen atoms in total. The highest BCUT2D eigenvalue weighted by molar-refractivity contribution is 9.10. The molecule has 1 amide bonds. The fourth-order valence-electron chi connectivity index (χ4n) is 3.74. The topological polar surface area (TPSA) is 70.1 Å². The van der Waals surface area contributed by atoms with Crippen molar-refractivity contribution in [1.82, 2.24) is 9.80 Å². The number of hydrogen-bond donors (Lipinski definition) is 1. The van der Waals surface area contributed by atoms with Crippen LogP contribution in [-0.2, 0) is 9.59 Å². The maximum Gasteiger partial charge on any atom is 0.295 e. The molecule has 1 saturated heterocycles. The van der Waals surface area contributed by atoms with Crippen LogP contribution in [-0.4, -0.2) is 60.4 Å². The summed E-state index contributed by atoms with van der Waals surface area (Å²) in [5.74, 6) is -0.702. The van der Waals surface area contributed by atoms with Crippen LogP contribution < -0.4 is 4.74 Å². The molecule has 1 atom stereocenters. The highest BCUT2D eigenvalue weighted by Gasteiger charge is 2.45. The van der Waals surface area contributed by atoms with Gasteiger partial charge in [0, 0.05) is 23.1 Å². The van der Waals surface area contributed by atoms with Crippen molar-refractivity contribution in [2.45, 2.75) is 26.3 Å². The fraction of sp³-hybridized carbons (Fsp3) is 0.360. The van der Waals surface area contributed by atoms with Crippen LogP contribution in [0.1, 0.15) is 36.1 Å². The number of aryl methyl sites for hydroxylation is 1. The van der Waals surface area contributed by atoms with Gasteiger partial charge in [0.25, 0.3) is 11.7 Å². The smallest absolute Gasteiger partial charge is 0.295 e. The number of likely N-dealkylation sites (tertiary alicyclic amines) is 1. The number of amides is 1. The van der Waals surface area contributed by atoms with Gasteiger partial charge in [-0.1, -0.05) is 35.0 Å². The van der Waals surface area contributed by atoms with Crippen molar-refractivity contribution >= 4 is 33.4 Å². The number of ketones is 1. The van der Waals surface area contributed by atoms with E-state index in [9.17, 15) is 14.7 Å². The maximum atomic E-state index is 13.1. The molecule has 2 aromatic rings. The predicted molar refractivity (Wildman–Crippen MR) is 129 cm³/mol. The fourth-order valence-corrected chi connectivity index (χ4v) is 4.00.